The quantitative estimate of drug-likeness (QED) is 0.267. The van der Waals surface area contributed by atoms with E-state index >= 15 is 0 Å². The first-order chi connectivity index (χ1) is 16.8. The summed E-state index contributed by atoms with van der Waals surface area (Å²) in [5, 5.41) is 6.58. The molecule has 9 heteroatoms. The molecule has 0 bridgehead atoms. The molecule has 0 spiro atoms. The summed E-state index contributed by atoms with van der Waals surface area (Å²) >= 11 is 17.3. The minimum Gasteiger partial charge on any atom is -0.482 e. The summed E-state index contributed by atoms with van der Waals surface area (Å²) in [7, 11) is 0. The number of oxazole rings is 1. The maximum Gasteiger partial charge on any atom is 0.264 e. The van der Waals surface area contributed by atoms with E-state index in [4.69, 9.17) is 44.6 Å². The number of nitrogens with one attached hydrogen (secondary N) is 2. The van der Waals surface area contributed by atoms with Crippen LogP contribution in [0.5, 0.6) is 5.75 Å². The van der Waals surface area contributed by atoms with Crippen LogP contribution in [0.2, 0.25) is 10.0 Å². The second-order valence-corrected chi connectivity index (χ2v) is 9.21. The van der Waals surface area contributed by atoms with Crippen molar-refractivity contribution in [2.45, 2.75) is 26.7 Å². The van der Waals surface area contributed by atoms with Crippen LogP contribution in [0.1, 0.15) is 29.5 Å². The van der Waals surface area contributed by atoms with Crippen molar-refractivity contribution in [1.82, 2.24) is 10.3 Å². The van der Waals surface area contributed by atoms with Crippen LogP contribution >= 0.6 is 35.4 Å². The molecule has 0 aliphatic carbocycles. The normalized spacial score (nSPS) is 10.9. The third-order valence-electron chi connectivity index (χ3n) is 5.27. The number of carbonyl (C=O) groups is 1. The lowest BCUT2D eigenvalue weighted by atomic mass is 10.1. The van der Waals surface area contributed by atoms with E-state index in [1.54, 1.807) is 19.1 Å². The van der Waals surface area contributed by atoms with Crippen LogP contribution in [0, 0.1) is 6.92 Å². The van der Waals surface area contributed by atoms with Crippen molar-refractivity contribution in [1.29, 1.82) is 0 Å². The highest BCUT2D eigenvalue weighted by Gasteiger charge is 2.12. The molecule has 0 fully saturated rings. The summed E-state index contributed by atoms with van der Waals surface area (Å²) in [6.45, 7) is 3.67. The van der Waals surface area contributed by atoms with Gasteiger partial charge in [0.2, 0.25) is 0 Å². The van der Waals surface area contributed by atoms with Crippen LogP contribution in [0.25, 0.3) is 11.1 Å². The number of ether oxygens (including phenoxy) is 1. The van der Waals surface area contributed by atoms with E-state index in [1.807, 2.05) is 30.3 Å². The molecule has 180 valence electrons. The highest BCUT2D eigenvalue weighted by molar-refractivity contribution is 7.80. The summed E-state index contributed by atoms with van der Waals surface area (Å²) in [6, 6.07) is 17.0. The number of anilines is 1. The predicted octanol–water partition coefficient (Wildman–Crippen LogP) is 6.49. The number of thiocarbonyl (C=S) groups is 1. The Morgan fingerprint density at radius 1 is 1.09 bits per heavy atom. The molecule has 1 amide bonds. The Morgan fingerprint density at radius 2 is 1.83 bits per heavy atom. The maximum atomic E-state index is 12.2. The van der Waals surface area contributed by atoms with Gasteiger partial charge in [0.25, 0.3) is 5.91 Å². The van der Waals surface area contributed by atoms with Gasteiger partial charge in [-0.15, -0.1) is 0 Å². The number of aryl methyl sites for hydroxylation is 2. The molecule has 4 rings (SSSR count). The molecule has 35 heavy (non-hydrogen) atoms. The fraction of sp³-hybridized carbons (Fsp3) is 0.192. The number of fused-ring (bicyclic) bond motifs is 1. The number of nitrogens with zero attached hydrogens (tertiary/aromatic N) is 1. The Bertz CT molecular complexity index is 1360. The third-order valence-corrected chi connectivity index (χ3v) is 5.97. The van der Waals surface area contributed by atoms with Gasteiger partial charge in [0.15, 0.2) is 23.2 Å². The van der Waals surface area contributed by atoms with Crippen LogP contribution < -0.4 is 15.4 Å². The minimum atomic E-state index is -0.410. The van der Waals surface area contributed by atoms with E-state index in [-0.39, 0.29) is 11.7 Å². The van der Waals surface area contributed by atoms with Crippen molar-refractivity contribution in [3.05, 3.63) is 87.2 Å². The van der Waals surface area contributed by atoms with Crippen LogP contribution in [0.15, 0.2) is 59.0 Å². The van der Waals surface area contributed by atoms with Gasteiger partial charge < -0.3 is 14.5 Å². The van der Waals surface area contributed by atoms with Gasteiger partial charge in [0, 0.05) is 17.1 Å². The average Bonchev–Trinajstić information content (AvgIpc) is 3.20. The first-order valence-electron chi connectivity index (χ1n) is 11.0. The number of hydrogen-bond donors (Lipinski definition) is 2. The van der Waals surface area contributed by atoms with Crippen molar-refractivity contribution in [2.24, 2.45) is 0 Å². The molecule has 0 aliphatic heterocycles. The molecule has 2 N–H and O–H groups in total. The highest BCUT2D eigenvalue weighted by Crippen LogP contribution is 2.31. The maximum absolute atomic E-state index is 12.2. The molecular weight excluding hydrogens is 505 g/mol. The Hall–Kier alpha value is -3.13. The summed E-state index contributed by atoms with van der Waals surface area (Å²) in [4.78, 5) is 16.8. The van der Waals surface area contributed by atoms with Crippen LogP contribution in [-0.4, -0.2) is 22.6 Å². The molecule has 0 saturated heterocycles. The molecule has 0 aliphatic rings. The zero-order valence-electron chi connectivity index (χ0n) is 19.2. The molecule has 0 unspecified atom stereocenters. The van der Waals surface area contributed by atoms with Gasteiger partial charge >= 0.3 is 0 Å². The van der Waals surface area contributed by atoms with Crippen molar-refractivity contribution in [3.63, 3.8) is 0 Å². The zero-order valence-corrected chi connectivity index (χ0v) is 21.5. The van der Waals surface area contributed by atoms with Gasteiger partial charge in [-0.1, -0.05) is 48.3 Å². The Kier molecular flexibility index (Phi) is 7.90. The molecule has 1 heterocycles. The number of halogens is 2. The molecule has 0 radical (unpaired) electrons. The Morgan fingerprint density at radius 3 is 2.54 bits per heavy atom. The van der Waals surface area contributed by atoms with Crippen molar-refractivity contribution >= 4 is 63.2 Å². The van der Waals surface area contributed by atoms with Crippen LogP contribution in [0.3, 0.4) is 0 Å². The highest BCUT2D eigenvalue weighted by atomic mass is 35.5. The lowest BCUT2D eigenvalue weighted by molar-refractivity contribution is -0.121. The number of carbonyl (C=O) groups excluding carboxylic acids is 1. The Labute approximate surface area is 218 Å². The third kappa shape index (κ3) is 6.51. The van der Waals surface area contributed by atoms with Gasteiger partial charge in [-0.2, -0.15) is 0 Å². The number of aromatic nitrogens is 1. The van der Waals surface area contributed by atoms with Gasteiger partial charge in [-0.3, -0.25) is 10.1 Å². The van der Waals surface area contributed by atoms with Crippen molar-refractivity contribution < 1.29 is 13.9 Å². The standard InChI is InChI=1S/C26H23Cl2N3O3S/c1-3-16-6-9-22-21(11-16)30-24(34-22)12-17-4-7-19(8-5-17)29-26(35)31-23(32)14-33-25-15(2)10-18(27)13-20(25)28/h4-11,13H,3,12,14H2,1-2H3,(H2,29,31,32,35). The summed E-state index contributed by atoms with van der Waals surface area (Å²) in [6.07, 6.45) is 1.53. The van der Waals surface area contributed by atoms with Crippen molar-refractivity contribution in [3.8, 4) is 5.75 Å². The predicted molar refractivity (Wildman–Crippen MR) is 144 cm³/mol. The number of rotatable bonds is 7. The number of amides is 1. The van der Waals surface area contributed by atoms with E-state index in [9.17, 15) is 4.79 Å². The molecule has 6 nitrogen and oxygen atoms in total. The molecule has 0 atom stereocenters. The largest absolute Gasteiger partial charge is 0.482 e. The molecular formula is C26H23Cl2N3O3S. The first kappa shape index (κ1) is 25.0. The number of benzene rings is 3. The molecule has 4 aromatic rings. The lowest BCUT2D eigenvalue weighted by Crippen LogP contribution is -2.37. The molecule has 1 aromatic heterocycles. The zero-order chi connectivity index (χ0) is 24.9. The monoisotopic (exact) mass is 527 g/mol. The SMILES string of the molecule is CCc1ccc2oc(Cc3ccc(NC(=S)NC(=O)COc4c(C)cc(Cl)cc4Cl)cc3)nc2c1. The summed E-state index contributed by atoms with van der Waals surface area (Å²) in [5.74, 6) is 0.657. The van der Waals surface area contributed by atoms with E-state index in [2.05, 4.69) is 34.7 Å². The second kappa shape index (κ2) is 11.1. The topological polar surface area (TPSA) is 76.4 Å². The average molecular weight is 528 g/mol. The number of hydrogen-bond acceptors (Lipinski definition) is 5. The van der Waals surface area contributed by atoms with Crippen LogP contribution in [-0.2, 0) is 17.6 Å². The van der Waals surface area contributed by atoms with E-state index in [1.165, 1.54) is 5.56 Å². The summed E-state index contributed by atoms with van der Waals surface area (Å²) < 4.78 is 11.4. The fourth-order valence-electron chi connectivity index (χ4n) is 3.53. The van der Waals surface area contributed by atoms with E-state index in [0.29, 0.717) is 28.1 Å². The Balaban J connectivity index is 1.29. The van der Waals surface area contributed by atoms with E-state index in [0.717, 1.165) is 34.3 Å². The lowest BCUT2D eigenvalue weighted by Gasteiger charge is -2.13. The fourth-order valence-corrected chi connectivity index (χ4v) is 4.41. The molecule has 0 saturated carbocycles. The summed E-state index contributed by atoms with van der Waals surface area (Å²) in [5.41, 5.74) is 5.40. The van der Waals surface area contributed by atoms with Gasteiger partial charge in [0.1, 0.15) is 11.3 Å². The minimum absolute atomic E-state index is 0.163. The van der Waals surface area contributed by atoms with Gasteiger partial charge in [-0.25, -0.2) is 4.98 Å². The van der Waals surface area contributed by atoms with Gasteiger partial charge in [-0.05, 0) is 78.7 Å². The van der Waals surface area contributed by atoms with Crippen LogP contribution in [0.4, 0.5) is 5.69 Å². The smallest absolute Gasteiger partial charge is 0.264 e. The van der Waals surface area contributed by atoms with Gasteiger partial charge in [0.05, 0.1) is 5.02 Å². The van der Waals surface area contributed by atoms with E-state index < -0.39 is 5.91 Å². The van der Waals surface area contributed by atoms with Crippen molar-refractivity contribution in [2.75, 3.05) is 11.9 Å². The second-order valence-electron chi connectivity index (χ2n) is 7.96. The molecule has 3 aromatic carbocycles. The first-order valence-corrected chi connectivity index (χ1v) is 12.1.